The van der Waals surface area contributed by atoms with Gasteiger partial charge in [-0.25, -0.2) is 9.67 Å². The topological polar surface area (TPSA) is 106 Å². The zero-order chi connectivity index (χ0) is 11.7. The number of hydrogen-bond acceptors (Lipinski definition) is 6. The van der Waals surface area contributed by atoms with Crippen molar-refractivity contribution < 1.29 is 9.90 Å². The normalized spacial score (nSPS) is 12.6. The first-order valence-corrected chi connectivity index (χ1v) is 4.59. The maximum Gasteiger partial charge on any atom is 0.325 e. The number of aromatic nitrogens is 5. The van der Waals surface area contributed by atoms with Crippen LogP contribution in [-0.2, 0) is 11.8 Å². The summed E-state index contributed by atoms with van der Waals surface area (Å²) in [5.74, 6) is -0.745. The largest absolute Gasteiger partial charge is 0.480 e. The van der Waals surface area contributed by atoms with E-state index in [4.69, 9.17) is 5.11 Å². The molecule has 0 aromatic carbocycles. The molecule has 2 N–H and O–H groups in total. The molecule has 0 aliphatic heterocycles. The lowest BCUT2D eigenvalue weighted by Crippen LogP contribution is -2.26. The van der Waals surface area contributed by atoms with E-state index in [0.29, 0.717) is 11.2 Å². The Kier molecular flexibility index (Phi) is 2.39. The summed E-state index contributed by atoms with van der Waals surface area (Å²) >= 11 is 0. The molecule has 2 heterocycles. The predicted molar refractivity (Wildman–Crippen MR) is 54.8 cm³/mol. The van der Waals surface area contributed by atoms with Crippen LogP contribution in [0.3, 0.4) is 0 Å². The number of rotatable bonds is 3. The predicted octanol–water partition coefficient (Wildman–Crippen LogP) is -0.357. The Morgan fingerprint density at radius 3 is 3.06 bits per heavy atom. The van der Waals surface area contributed by atoms with Crippen molar-refractivity contribution in [3.63, 3.8) is 0 Å². The van der Waals surface area contributed by atoms with Gasteiger partial charge in [0.05, 0.1) is 6.20 Å². The van der Waals surface area contributed by atoms with E-state index in [-0.39, 0.29) is 5.95 Å². The Hall–Kier alpha value is -2.25. The quantitative estimate of drug-likeness (QED) is 0.730. The van der Waals surface area contributed by atoms with Crippen LogP contribution in [0, 0.1) is 0 Å². The molecule has 16 heavy (non-hydrogen) atoms. The van der Waals surface area contributed by atoms with Gasteiger partial charge < -0.3 is 10.4 Å². The fourth-order valence-electron chi connectivity index (χ4n) is 1.15. The molecule has 0 amide bonds. The van der Waals surface area contributed by atoms with Crippen LogP contribution in [0.2, 0.25) is 0 Å². The first-order chi connectivity index (χ1) is 7.58. The molecular weight excluding hydrogens is 212 g/mol. The van der Waals surface area contributed by atoms with Gasteiger partial charge in [-0.15, -0.1) is 5.10 Å². The van der Waals surface area contributed by atoms with Crippen LogP contribution in [0.4, 0.5) is 5.95 Å². The summed E-state index contributed by atoms with van der Waals surface area (Å²) in [4.78, 5) is 18.6. The third kappa shape index (κ3) is 1.76. The van der Waals surface area contributed by atoms with Gasteiger partial charge in [0.1, 0.15) is 11.6 Å². The van der Waals surface area contributed by atoms with Gasteiger partial charge in [-0.1, -0.05) is 5.21 Å². The Morgan fingerprint density at radius 2 is 2.38 bits per heavy atom. The lowest BCUT2D eigenvalue weighted by molar-refractivity contribution is -0.137. The average Bonchev–Trinajstić information content (AvgIpc) is 2.60. The van der Waals surface area contributed by atoms with Crippen molar-refractivity contribution in [1.82, 2.24) is 25.0 Å². The van der Waals surface area contributed by atoms with Crippen LogP contribution in [-0.4, -0.2) is 42.1 Å². The molecule has 0 aliphatic carbocycles. The molecule has 2 aromatic rings. The number of carbonyl (C=O) groups is 1. The van der Waals surface area contributed by atoms with E-state index in [0.717, 1.165) is 0 Å². The number of fused-ring (bicyclic) bond motifs is 1. The maximum absolute atomic E-state index is 10.6. The van der Waals surface area contributed by atoms with Gasteiger partial charge >= 0.3 is 5.97 Å². The molecule has 0 saturated carbocycles. The first kappa shape index (κ1) is 10.3. The molecule has 0 spiro atoms. The molecule has 0 radical (unpaired) electrons. The smallest absolute Gasteiger partial charge is 0.325 e. The summed E-state index contributed by atoms with van der Waals surface area (Å²) in [7, 11) is 1.73. The minimum atomic E-state index is -0.970. The monoisotopic (exact) mass is 222 g/mol. The SMILES string of the molecule is CC(Nc1ncc2c(nnn2C)n1)C(=O)O. The molecule has 0 aliphatic rings. The molecular formula is C8H10N6O2. The Bertz CT molecular complexity index is 536. The summed E-state index contributed by atoms with van der Waals surface area (Å²) in [5.41, 5.74) is 1.12. The summed E-state index contributed by atoms with van der Waals surface area (Å²) in [6, 6.07) is -0.755. The van der Waals surface area contributed by atoms with Crippen molar-refractivity contribution in [3.8, 4) is 0 Å². The molecule has 0 fully saturated rings. The number of nitrogens with zero attached hydrogens (tertiary/aromatic N) is 5. The Labute approximate surface area is 90.3 Å². The number of carboxylic acids is 1. The van der Waals surface area contributed by atoms with E-state index in [1.165, 1.54) is 6.92 Å². The van der Waals surface area contributed by atoms with Crippen molar-refractivity contribution in [1.29, 1.82) is 0 Å². The minimum Gasteiger partial charge on any atom is -0.480 e. The molecule has 8 heteroatoms. The van der Waals surface area contributed by atoms with Crippen molar-refractivity contribution in [2.45, 2.75) is 13.0 Å². The van der Waals surface area contributed by atoms with Gasteiger partial charge in [-0.3, -0.25) is 4.79 Å². The van der Waals surface area contributed by atoms with Gasteiger partial charge in [-0.2, -0.15) is 4.98 Å². The van der Waals surface area contributed by atoms with Crippen molar-refractivity contribution in [3.05, 3.63) is 6.20 Å². The summed E-state index contributed by atoms with van der Waals surface area (Å²) in [6.45, 7) is 1.51. The van der Waals surface area contributed by atoms with E-state index in [2.05, 4.69) is 25.6 Å². The number of aliphatic carboxylic acids is 1. The number of carboxylic acid groups (broad SMARTS) is 1. The van der Waals surface area contributed by atoms with Crippen molar-refractivity contribution in [2.75, 3.05) is 5.32 Å². The van der Waals surface area contributed by atoms with E-state index < -0.39 is 12.0 Å². The molecule has 84 valence electrons. The van der Waals surface area contributed by atoms with Crippen LogP contribution in [0.5, 0.6) is 0 Å². The van der Waals surface area contributed by atoms with Crippen molar-refractivity contribution >= 4 is 23.1 Å². The zero-order valence-electron chi connectivity index (χ0n) is 8.75. The van der Waals surface area contributed by atoms with Crippen molar-refractivity contribution in [2.24, 2.45) is 7.05 Å². The minimum absolute atomic E-state index is 0.225. The molecule has 1 unspecified atom stereocenters. The molecule has 2 rings (SSSR count). The van der Waals surface area contributed by atoms with Gasteiger partial charge in [-0.05, 0) is 6.92 Å². The van der Waals surface area contributed by atoms with E-state index in [9.17, 15) is 4.79 Å². The maximum atomic E-state index is 10.6. The highest BCUT2D eigenvalue weighted by Gasteiger charge is 2.12. The fraction of sp³-hybridized carbons (Fsp3) is 0.375. The highest BCUT2D eigenvalue weighted by molar-refractivity contribution is 5.76. The number of anilines is 1. The summed E-state index contributed by atoms with van der Waals surface area (Å²) in [5, 5.41) is 18.9. The third-order valence-corrected chi connectivity index (χ3v) is 2.09. The Balaban J connectivity index is 2.29. The molecule has 0 saturated heterocycles. The second kappa shape index (κ2) is 3.72. The van der Waals surface area contributed by atoms with Gasteiger partial charge in [0.15, 0.2) is 0 Å². The van der Waals surface area contributed by atoms with E-state index >= 15 is 0 Å². The van der Waals surface area contributed by atoms with Gasteiger partial charge in [0.2, 0.25) is 11.6 Å². The van der Waals surface area contributed by atoms with Crippen LogP contribution >= 0.6 is 0 Å². The van der Waals surface area contributed by atoms with Gasteiger partial charge in [0.25, 0.3) is 0 Å². The van der Waals surface area contributed by atoms with Crippen LogP contribution in [0.15, 0.2) is 6.20 Å². The lowest BCUT2D eigenvalue weighted by atomic mass is 10.3. The Morgan fingerprint density at radius 1 is 1.62 bits per heavy atom. The second-order valence-corrected chi connectivity index (χ2v) is 3.32. The third-order valence-electron chi connectivity index (χ3n) is 2.09. The van der Waals surface area contributed by atoms with E-state index in [1.54, 1.807) is 17.9 Å². The number of nitrogens with one attached hydrogen (secondary N) is 1. The van der Waals surface area contributed by atoms with Crippen LogP contribution in [0.25, 0.3) is 11.2 Å². The van der Waals surface area contributed by atoms with Gasteiger partial charge in [0, 0.05) is 7.05 Å². The summed E-state index contributed by atoms with van der Waals surface area (Å²) in [6.07, 6.45) is 1.54. The summed E-state index contributed by atoms with van der Waals surface area (Å²) < 4.78 is 1.54. The second-order valence-electron chi connectivity index (χ2n) is 3.32. The van der Waals surface area contributed by atoms with E-state index in [1.807, 2.05) is 0 Å². The average molecular weight is 222 g/mol. The molecule has 2 aromatic heterocycles. The standard InChI is InChI=1S/C8H10N6O2/c1-4(7(15)16)10-8-9-3-5-6(11-8)12-13-14(5)2/h3-4H,1-2H3,(H,15,16)(H,9,10,11). The molecule has 0 bridgehead atoms. The fourth-order valence-corrected chi connectivity index (χ4v) is 1.15. The number of hydrogen-bond donors (Lipinski definition) is 2. The van der Waals surface area contributed by atoms with Crippen LogP contribution < -0.4 is 5.32 Å². The molecule has 8 nitrogen and oxygen atoms in total. The number of aryl methyl sites for hydroxylation is 1. The molecule has 1 atom stereocenters. The highest BCUT2D eigenvalue weighted by Crippen LogP contribution is 2.08. The van der Waals surface area contributed by atoms with Crippen LogP contribution in [0.1, 0.15) is 6.92 Å². The first-order valence-electron chi connectivity index (χ1n) is 4.59. The highest BCUT2D eigenvalue weighted by atomic mass is 16.4. The zero-order valence-corrected chi connectivity index (χ0v) is 8.75. The lowest BCUT2D eigenvalue weighted by Gasteiger charge is -2.07.